The van der Waals surface area contributed by atoms with Gasteiger partial charge in [-0.2, -0.15) is 10.2 Å². The van der Waals surface area contributed by atoms with Gasteiger partial charge in [0, 0.05) is 0 Å². The van der Waals surface area contributed by atoms with Gasteiger partial charge in [0.25, 0.3) is 11.8 Å². The fourth-order valence-corrected chi connectivity index (χ4v) is 3.65. The van der Waals surface area contributed by atoms with E-state index < -0.39 is 5.54 Å². The van der Waals surface area contributed by atoms with Crippen LogP contribution >= 0.6 is 0 Å². The number of hydrazine groups is 1. The number of para-hydroxylation sites is 2. The second-order valence-corrected chi connectivity index (χ2v) is 7.40. The molecule has 2 amide bonds. The molecule has 3 aromatic carbocycles. The predicted octanol–water partition coefficient (Wildman–Crippen LogP) is 5.69. The van der Waals surface area contributed by atoms with Crippen LogP contribution in [0, 0.1) is 0 Å². The third kappa shape index (κ3) is 3.84. The molecule has 1 saturated heterocycles. The fourth-order valence-electron chi connectivity index (χ4n) is 3.65. The molecule has 0 saturated carbocycles. The summed E-state index contributed by atoms with van der Waals surface area (Å²) in [7, 11) is 0. The van der Waals surface area contributed by atoms with E-state index in [0.717, 1.165) is 6.42 Å². The summed E-state index contributed by atoms with van der Waals surface area (Å²) in [6.07, 6.45) is 1.81. The Morgan fingerprint density at radius 2 is 1.16 bits per heavy atom. The van der Waals surface area contributed by atoms with E-state index in [1.165, 1.54) is 10.0 Å². The van der Waals surface area contributed by atoms with Crippen molar-refractivity contribution < 1.29 is 9.59 Å². The van der Waals surface area contributed by atoms with E-state index in [2.05, 4.69) is 10.2 Å². The third-order valence-corrected chi connectivity index (χ3v) is 5.28. The van der Waals surface area contributed by atoms with Gasteiger partial charge < -0.3 is 0 Å². The highest BCUT2D eigenvalue weighted by Gasteiger charge is 2.60. The van der Waals surface area contributed by atoms with Crippen molar-refractivity contribution in [3.63, 3.8) is 0 Å². The Bertz CT molecular complexity index is 1010. The first-order valence-electron chi connectivity index (χ1n) is 10.4. The van der Waals surface area contributed by atoms with Crippen LogP contribution in [0.3, 0.4) is 0 Å². The number of azo groups is 1. The zero-order valence-electron chi connectivity index (χ0n) is 17.4. The minimum Gasteiger partial charge on any atom is -0.269 e. The molecule has 1 heterocycles. The molecule has 0 spiro atoms. The highest BCUT2D eigenvalue weighted by atomic mass is 16.2. The lowest BCUT2D eigenvalue weighted by molar-refractivity contribution is -0.129. The second kappa shape index (κ2) is 8.92. The summed E-state index contributed by atoms with van der Waals surface area (Å²) >= 11 is 0. The first-order chi connectivity index (χ1) is 15.2. The molecule has 6 nitrogen and oxygen atoms in total. The molecule has 0 atom stereocenters. The van der Waals surface area contributed by atoms with Crippen molar-refractivity contribution in [2.45, 2.75) is 31.7 Å². The van der Waals surface area contributed by atoms with Gasteiger partial charge in [-0.1, -0.05) is 74.4 Å². The van der Waals surface area contributed by atoms with E-state index in [0.29, 0.717) is 29.9 Å². The molecule has 0 radical (unpaired) electrons. The van der Waals surface area contributed by atoms with E-state index >= 15 is 0 Å². The number of hydrogen-bond donors (Lipinski definition) is 0. The molecule has 31 heavy (non-hydrogen) atoms. The number of anilines is 2. The summed E-state index contributed by atoms with van der Waals surface area (Å²) in [5.41, 5.74) is 0.219. The molecular formula is C25H24N4O2. The molecule has 0 aliphatic carbocycles. The number of rotatable bonds is 7. The average molecular weight is 412 g/mol. The normalized spacial score (nSPS) is 15.8. The van der Waals surface area contributed by atoms with Gasteiger partial charge in [0.05, 0.1) is 17.1 Å². The van der Waals surface area contributed by atoms with Gasteiger partial charge in [0.2, 0.25) is 5.54 Å². The molecule has 156 valence electrons. The van der Waals surface area contributed by atoms with Gasteiger partial charge in [-0.15, -0.1) is 0 Å². The van der Waals surface area contributed by atoms with Crippen molar-refractivity contribution >= 4 is 28.9 Å². The number of unbranched alkanes of at least 4 members (excludes halogenated alkanes) is 1. The Hall–Kier alpha value is -3.80. The molecule has 1 aliphatic heterocycles. The number of amides is 2. The van der Waals surface area contributed by atoms with E-state index in [4.69, 9.17) is 0 Å². The number of hydrogen-bond acceptors (Lipinski definition) is 4. The average Bonchev–Trinajstić information content (AvgIpc) is 3.05. The van der Waals surface area contributed by atoms with E-state index in [9.17, 15) is 9.59 Å². The van der Waals surface area contributed by atoms with Gasteiger partial charge in [0.1, 0.15) is 0 Å². The number of nitrogens with zero attached hydrogens (tertiary/aromatic N) is 4. The lowest BCUT2D eigenvalue weighted by Gasteiger charge is -2.27. The Labute approximate surface area is 181 Å². The summed E-state index contributed by atoms with van der Waals surface area (Å²) in [6.45, 7) is 2.02. The van der Waals surface area contributed by atoms with Crippen LogP contribution in [0.5, 0.6) is 0 Å². The Morgan fingerprint density at radius 1 is 0.710 bits per heavy atom. The minimum absolute atomic E-state index is 0.296. The molecule has 0 aromatic heterocycles. The van der Waals surface area contributed by atoms with Gasteiger partial charge in [-0.25, -0.2) is 10.0 Å². The number of benzene rings is 3. The predicted molar refractivity (Wildman–Crippen MR) is 121 cm³/mol. The first-order valence-corrected chi connectivity index (χ1v) is 10.4. The monoisotopic (exact) mass is 412 g/mol. The summed E-state index contributed by atoms with van der Waals surface area (Å²) in [4.78, 5) is 27.7. The quantitative estimate of drug-likeness (QED) is 0.369. The molecule has 3 aromatic rings. The lowest BCUT2D eigenvalue weighted by atomic mass is 9.92. The summed E-state index contributed by atoms with van der Waals surface area (Å²) < 4.78 is 0. The van der Waals surface area contributed by atoms with Gasteiger partial charge in [0.15, 0.2) is 0 Å². The van der Waals surface area contributed by atoms with Crippen LogP contribution in [0.25, 0.3) is 0 Å². The molecular weight excluding hydrogens is 388 g/mol. The first kappa shape index (κ1) is 20.5. The fraction of sp³-hybridized carbons (Fsp3) is 0.200. The smallest absolute Gasteiger partial charge is 0.269 e. The molecule has 4 rings (SSSR count). The van der Waals surface area contributed by atoms with Crippen LogP contribution in [0.4, 0.5) is 17.1 Å². The van der Waals surface area contributed by atoms with Crippen molar-refractivity contribution in [1.82, 2.24) is 0 Å². The van der Waals surface area contributed by atoms with Crippen LogP contribution in [-0.4, -0.2) is 17.4 Å². The van der Waals surface area contributed by atoms with E-state index in [1.807, 2.05) is 85.8 Å². The maximum atomic E-state index is 13.9. The van der Waals surface area contributed by atoms with Crippen LogP contribution in [0.1, 0.15) is 26.2 Å². The van der Waals surface area contributed by atoms with Crippen molar-refractivity contribution in [1.29, 1.82) is 0 Å². The van der Waals surface area contributed by atoms with Crippen LogP contribution in [0.2, 0.25) is 0 Å². The van der Waals surface area contributed by atoms with E-state index in [1.54, 1.807) is 12.1 Å². The maximum absolute atomic E-state index is 13.9. The van der Waals surface area contributed by atoms with Crippen LogP contribution in [-0.2, 0) is 9.59 Å². The summed E-state index contributed by atoms with van der Waals surface area (Å²) in [5.74, 6) is -0.777. The van der Waals surface area contributed by atoms with E-state index in [-0.39, 0.29) is 11.8 Å². The van der Waals surface area contributed by atoms with Crippen molar-refractivity contribution in [2.24, 2.45) is 10.2 Å². The minimum atomic E-state index is -1.60. The number of carbonyl (C=O) groups is 2. The van der Waals surface area contributed by atoms with Crippen LogP contribution < -0.4 is 10.0 Å². The van der Waals surface area contributed by atoms with Gasteiger partial charge in [-0.05, 0) is 42.8 Å². The van der Waals surface area contributed by atoms with Crippen molar-refractivity contribution in [2.75, 3.05) is 10.0 Å². The summed E-state index contributed by atoms with van der Waals surface area (Å²) in [6, 6.07) is 27.5. The van der Waals surface area contributed by atoms with Crippen molar-refractivity contribution in [3.8, 4) is 0 Å². The SMILES string of the molecule is CCCCC1(N=Nc2ccccc2)C(=O)N(c2ccccc2)N(c2ccccc2)C1=O. The van der Waals surface area contributed by atoms with Crippen molar-refractivity contribution in [3.05, 3.63) is 91.0 Å². The molecule has 0 N–H and O–H groups in total. The van der Waals surface area contributed by atoms with Gasteiger partial charge in [-0.3, -0.25) is 9.59 Å². The standard InChI is InChI=1S/C25H24N4O2/c1-2-3-19-25(27-26-20-13-7-4-8-14-20)23(30)28(21-15-9-5-10-16-21)29(24(25)31)22-17-11-6-12-18-22/h4-18H,2-3,19H2,1H3. The zero-order valence-corrected chi connectivity index (χ0v) is 17.4. The second-order valence-electron chi connectivity index (χ2n) is 7.40. The molecule has 0 unspecified atom stereocenters. The van der Waals surface area contributed by atoms with Crippen LogP contribution in [0.15, 0.2) is 101 Å². The third-order valence-electron chi connectivity index (χ3n) is 5.28. The molecule has 1 aliphatic rings. The Kier molecular flexibility index (Phi) is 5.89. The largest absolute Gasteiger partial charge is 0.285 e. The highest BCUT2D eigenvalue weighted by Crippen LogP contribution is 2.39. The Balaban J connectivity index is 1.85. The Morgan fingerprint density at radius 3 is 1.61 bits per heavy atom. The molecule has 0 bridgehead atoms. The highest BCUT2D eigenvalue weighted by molar-refractivity contribution is 6.29. The maximum Gasteiger partial charge on any atom is 0.285 e. The topological polar surface area (TPSA) is 65.3 Å². The lowest BCUT2D eigenvalue weighted by Crippen LogP contribution is -2.42. The summed E-state index contributed by atoms with van der Waals surface area (Å²) in [5, 5.41) is 11.6. The zero-order chi connectivity index (χ0) is 21.7. The number of carbonyl (C=O) groups excluding carboxylic acids is 2. The molecule has 1 fully saturated rings. The molecule has 6 heteroatoms. The van der Waals surface area contributed by atoms with Gasteiger partial charge >= 0.3 is 0 Å².